The minimum atomic E-state index is 0. The second-order valence-corrected chi connectivity index (χ2v) is 3.66. The van der Waals surface area contributed by atoms with Crippen LogP contribution in [0.15, 0.2) is 29.3 Å². The summed E-state index contributed by atoms with van der Waals surface area (Å²) >= 11 is 0. The van der Waals surface area contributed by atoms with Crippen LogP contribution in [0.3, 0.4) is 0 Å². The molecule has 2 N–H and O–H groups in total. The Morgan fingerprint density at radius 3 is 2.44 bits per heavy atom. The Morgan fingerprint density at radius 2 is 1.94 bits per heavy atom. The van der Waals surface area contributed by atoms with Gasteiger partial charge in [-0.1, -0.05) is 19.1 Å². The van der Waals surface area contributed by atoms with Crippen molar-refractivity contribution in [1.82, 2.24) is 10.6 Å². The molecule has 0 aromatic heterocycles. The number of nitrogens with one attached hydrogen (secondary N) is 2. The molecule has 0 saturated carbocycles. The third-order valence-electron chi connectivity index (χ3n) is 2.31. The lowest BCUT2D eigenvalue weighted by molar-refractivity contribution is 0.781. The second-order valence-electron chi connectivity index (χ2n) is 3.66. The molecule has 0 atom stereocenters. The molecule has 18 heavy (non-hydrogen) atoms. The number of nitriles is 1. The van der Waals surface area contributed by atoms with Crippen molar-refractivity contribution in [2.45, 2.75) is 19.9 Å². The van der Waals surface area contributed by atoms with Gasteiger partial charge in [0.1, 0.15) is 0 Å². The molecule has 5 heteroatoms. The van der Waals surface area contributed by atoms with Crippen molar-refractivity contribution in [2.75, 3.05) is 13.6 Å². The molecule has 0 amide bonds. The highest BCUT2D eigenvalue weighted by Crippen LogP contribution is 2.02. The number of aliphatic imine (C=N–C) groups is 1. The Morgan fingerprint density at radius 1 is 1.28 bits per heavy atom. The summed E-state index contributed by atoms with van der Waals surface area (Å²) in [5.74, 6) is 0.802. The average Bonchev–Trinajstić information content (AvgIpc) is 2.39. The van der Waals surface area contributed by atoms with E-state index in [0.29, 0.717) is 12.1 Å². The number of hydrogen-bond donors (Lipinski definition) is 2. The minimum absolute atomic E-state index is 0. The Balaban J connectivity index is 0.00000289. The molecule has 0 heterocycles. The fourth-order valence-electron chi connectivity index (χ4n) is 1.35. The summed E-state index contributed by atoms with van der Waals surface area (Å²) < 4.78 is 0. The highest BCUT2D eigenvalue weighted by atomic mass is 127. The van der Waals surface area contributed by atoms with E-state index >= 15 is 0 Å². The van der Waals surface area contributed by atoms with E-state index in [1.54, 1.807) is 7.05 Å². The van der Waals surface area contributed by atoms with Crippen molar-refractivity contribution in [3.05, 3.63) is 35.4 Å². The van der Waals surface area contributed by atoms with Crippen molar-refractivity contribution in [1.29, 1.82) is 5.26 Å². The van der Waals surface area contributed by atoms with E-state index in [2.05, 4.69) is 28.6 Å². The van der Waals surface area contributed by atoms with Crippen LogP contribution in [0, 0.1) is 11.3 Å². The van der Waals surface area contributed by atoms with Crippen LogP contribution in [-0.2, 0) is 6.54 Å². The zero-order valence-electron chi connectivity index (χ0n) is 10.7. The SMILES string of the molecule is CCCNC(=NC)NCc1ccc(C#N)cc1.I. The van der Waals surface area contributed by atoms with Gasteiger partial charge < -0.3 is 10.6 Å². The van der Waals surface area contributed by atoms with Gasteiger partial charge in [0.05, 0.1) is 11.6 Å². The first kappa shape index (κ1) is 16.7. The lowest BCUT2D eigenvalue weighted by Gasteiger charge is -2.10. The number of nitrogens with zero attached hydrogens (tertiary/aromatic N) is 2. The first-order valence-corrected chi connectivity index (χ1v) is 5.73. The third-order valence-corrected chi connectivity index (χ3v) is 2.31. The van der Waals surface area contributed by atoms with Gasteiger partial charge in [-0.15, -0.1) is 24.0 Å². The first-order chi connectivity index (χ1) is 8.30. The van der Waals surface area contributed by atoms with Crippen molar-refractivity contribution < 1.29 is 0 Å². The van der Waals surface area contributed by atoms with E-state index in [1.165, 1.54) is 0 Å². The van der Waals surface area contributed by atoms with E-state index < -0.39 is 0 Å². The van der Waals surface area contributed by atoms with Gasteiger partial charge in [0.2, 0.25) is 0 Å². The molecule has 0 aliphatic heterocycles. The van der Waals surface area contributed by atoms with Crippen LogP contribution in [0.25, 0.3) is 0 Å². The summed E-state index contributed by atoms with van der Waals surface area (Å²) in [6.45, 7) is 3.73. The zero-order valence-corrected chi connectivity index (χ0v) is 13.1. The number of hydrogen-bond acceptors (Lipinski definition) is 2. The molecule has 0 spiro atoms. The van der Waals surface area contributed by atoms with Crippen LogP contribution in [0.5, 0.6) is 0 Å². The fraction of sp³-hybridized carbons (Fsp3) is 0.385. The molecule has 1 rings (SSSR count). The van der Waals surface area contributed by atoms with Gasteiger partial charge in [0.25, 0.3) is 0 Å². The molecule has 0 aliphatic rings. The molecule has 4 nitrogen and oxygen atoms in total. The lowest BCUT2D eigenvalue weighted by atomic mass is 10.1. The largest absolute Gasteiger partial charge is 0.356 e. The Kier molecular flexibility index (Phi) is 9.01. The summed E-state index contributed by atoms with van der Waals surface area (Å²) in [4.78, 5) is 4.12. The molecule has 0 bridgehead atoms. The maximum Gasteiger partial charge on any atom is 0.191 e. The summed E-state index contributed by atoms with van der Waals surface area (Å²) in [6.07, 6.45) is 1.07. The van der Waals surface area contributed by atoms with Crippen molar-refractivity contribution in [2.24, 2.45) is 4.99 Å². The molecule has 0 unspecified atom stereocenters. The maximum atomic E-state index is 8.69. The number of rotatable bonds is 4. The molecule has 0 aliphatic carbocycles. The van der Waals surface area contributed by atoms with E-state index in [-0.39, 0.29) is 24.0 Å². The predicted octanol–water partition coefficient (Wildman–Crippen LogP) is 2.25. The third kappa shape index (κ3) is 5.87. The van der Waals surface area contributed by atoms with E-state index in [4.69, 9.17) is 5.26 Å². The maximum absolute atomic E-state index is 8.69. The highest BCUT2D eigenvalue weighted by molar-refractivity contribution is 14.0. The van der Waals surface area contributed by atoms with Crippen LogP contribution in [0.2, 0.25) is 0 Å². The second kappa shape index (κ2) is 9.71. The monoisotopic (exact) mass is 358 g/mol. The van der Waals surface area contributed by atoms with Gasteiger partial charge >= 0.3 is 0 Å². The lowest BCUT2D eigenvalue weighted by Crippen LogP contribution is -2.37. The molecule has 0 fully saturated rings. The summed E-state index contributed by atoms with van der Waals surface area (Å²) in [7, 11) is 1.75. The standard InChI is InChI=1S/C13H18N4.HI/c1-3-8-16-13(15-2)17-10-12-6-4-11(9-14)5-7-12;/h4-7H,3,8,10H2,1-2H3,(H2,15,16,17);1H. The first-order valence-electron chi connectivity index (χ1n) is 5.73. The molecule has 1 aromatic rings. The topological polar surface area (TPSA) is 60.2 Å². The quantitative estimate of drug-likeness (QED) is 0.493. The van der Waals surface area contributed by atoms with Gasteiger partial charge in [-0.25, -0.2) is 0 Å². The van der Waals surface area contributed by atoms with Crippen LogP contribution in [0.1, 0.15) is 24.5 Å². The smallest absolute Gasteiger partial charge is 0.191 e. The van der Waals surface area contributed by atoms with E-state index in [9.17, 15) is 0 Å². The normalized spacial score (nSPS) is 10.2. The summed E-state index contributed by atoms with van der Waals surface area (Å²) in [5.41, 5.74) is 1.81. The molecule has 1 aromatic carbocycles. The number of guanidine groups is 1. The minimum Gasteiger partial charge on any atom is -0.356 e. The Labute approximate surface area is 126 Å². The molecule has 98 valence electrons. The van der Waals surface area contributed by atoms with Crippen LogP contribution < -0.4 is 10.6 Å². The van der Waals surface area contributed by atoms with Gasteiger partial charge in [-0.2, -0.15) is 5.26 Å². The molecular formula is C13H19IN4. The van der Waals surface area contributed by atoms with E-state index in [0.717, 1.165) is 24.5 Å². The zero-order chi connectivity index (χ0) is 12.5. The fourth-order valence-corrected chi connectivity index (χ4v) is 1.35. The van der Waals surface area contributed by atoms with E-state index in [1.807, 2.05) is 24.3 Å². The summed E-state index contributed by atoms with van der Waals surface area (Å²) in [5, 5.41) is 15.1. The number of halogens is 1. The van der Waals surface area contributed by atoms with Crippen molar-refractivity contribution in [3.63, 3.8) is 0 Å². The van der Waals surface area contributed by atoms with Gasteiger partial charge in [-0.3, -0.25) is 4.99 Å². The van der Waals surface area contributed by atoms with Crippen molar-refractivity contribution >= 4 is 29.9 Å². The van der Waals surface area contributed by atoms with Gasteiger partial charge in [-0.05, 0) is 24.1 Å². The predicted molar refractivity (Wildman–Crippen MR) is 85.1 cm³/mol. The van der Waals surface area contributed by atoms with Crippen molar-refractivity contribution in [3.8, 4) is 6.07 Å². The van der Waals surface area contributed by atoms with Crippen LogP contribution in [-0.4, -0.2) is 19.6 Å². The number of benzene rings is 1. The molecular weight excluding hydrogens is 339 g/mol. The molecule has 0 saturated heterocycles. The highest BCUT2D eigenvalue weighted by Gasteiger charge is 1.97. The van der Waals surface area contributed by atoms with Gasteiger partial charge in [0.15, 0.2) is 5.96 Å². The molecule has 0 radical (unpaired) electrons. The Hall–Kier alpha value is -1.29. The van der Waals surface area contributed by atoms with Gasteiger partial charge in [0, 0.05) is 20.1 Å². The summed E-state index contributed by atoms with van der Waals surface area (Å²) in [6, 6.07) is 9.63. The van der Waals surface area contributed by atoms with Crippen LogP contribution >= 0.6 is 24.0 Å². The Bertz CT molecular complexity index is 406. The average molecular weight is 358 g/mol. The van der Waals surface area contributed by atoms with Crippen LogP contribution in [0.4, 0.5) is 0 Å².